The van der Waals surface area contributed by atoms with E-state index < -0.39 is 0 Å². The Kier molecular flexibility index (Phi) is 6.46. The SMILES string of the molecule is C/C=C\C(C)=C(\NNC)C(C)c1c(F)cccc1CC. The standard InChI is InChI=1S/C17H25FN2/c1-6-9-12(3)17(20-19-5)13(4)16-14(7-2)10-8-11-15(16)18/h6,8-11,13,19-20H,7H2,1-5H3/b9-6-,17-12+. The molecule has 0 spiro atoms. The molecular formula is C17H25FN2. The van der Waals surface area contributed by atoms with Gasteiger partial charge in [0.1, 0.15) is 5.82 Å². The van der Waals surface area contributed by atoms with Gasteiger partial charge in [0.25, 0.3) is 0 Å². The third-order valence-electron chi connectivity index (χ3n) is 3.49. The molecule has 0 bridgehead atoms. The summed E-state index contributed by atoms with van der Waals surface area (Å²) in [6, 6.07) is 5.31. The zero-order valence-corrected chi connectivity index (χ0v) is 13.0. The van der Waals surface area contributed by atoms with Crippen molar-refractivity contribution in [3.05, 3.63) is 58.6 Å². The minimum absolute atomic E-state index is 0.0326. The summed E-state index contributed by atoms with van der Waals surface area (Å²) in [4.78, 5) is 0. The van der Waals surface area contributed by atoms with Crippen LogP contribution < -0.4 is 10.9 Å². The summed E-state index contributed by atoms with van der Waals surface area (Å²) < 4.78 is 14.2. The summed E-state index contributed by atoms with van der Waals surface area (Å²) in [5.74, 6) is -0.171. The minimum atomic E-state index is -0.138. The molecule has 0 aliphatic rings. The predicted octanol–water partition coefficient (Wildman–Crippen LogP) is 4.07. The van der Waals surface area contributed by atoms with E-state index >= 15 is 0 Å². The second-order valence-corrected chi connectivity index (χ2v) is 4.86. The molecule has 1 unspecified atom stereocenters. The van der Waals surface area contributed by atoms with Crippen LogP contribution in [-0.2, 0) is 6.42 Å². The molecule has 2 nitrogen and oxygen atoms in total. The van der Waals surface area contributed by atoms with Gasteiger partial charge in [-0.05, 0) is 43.0 Å². The molecule has 0 aliphatic heterocycles. The highest BCUT2D eigenvalue weighted by atomic mass is 19.1. The first-order chi connectivity index (χ1) is 9.56. The zero-order valence-electron chi connectivity index (χ0n) is 13.0. The molecule has 0 saturated carbocycles. The van der Waals surface area contributed by atoms with Gasteiger partial charge in [0.15, 0.2) is 0 Å². The second kappa shape index (κ2) is 7.85. The van der Waals surface area contributed by atoms with Crippen molar-refractivity contribution in [1.82, 2.24) is 10.9 Å². The summed E-state index contributed by atoms with van der Waals surface area (Å²) in [6.45, 7) is 8.09. The number of allylic oxidation sites excluding steroid dienone is 4. The fourth-order valence-electron chi connectivity index (χ4n) is 2.54. The topological polar surface area (TPSA) is 24.1 Å². The molecule has 0 saturated heterocycles. The third-order valence-corrected chi connectivity index (χ3v) is 3.49. The van der Waals surface area contributed by atoms with Crippen molar-refractivity contribution in [2.45, 2.75) is 40.0 Å². The lowest BCUT2D eigenvalue weighted by atomic mass is 9.89. The van der Waals surface area contributed by atoms with E-state index in [9.17, 15) is 4.39 Å². The molecule has 2 N–H and O–H groups in total. The van der Waals surface area contributed by atoms with E-state index in [1.807, 2.05) is 46.0 Å². The fourth-order valence-corrected chi connectivity index (χ4v) is 2.54. The Hall–Kier alpha value is -1.61. The maximum Gasteiger partial charge on any atom is 0.127 e. The fraction of sp³-hybridized carbons (Fsp3) is 0.412. The van der Waals surface area contributed by atoms with E-state index in [0.717, 1.165) is 28.8 Å². The van der Waals surface area contributed by atoms with Gasteiger partial charge in [-0.15, -0.1) is 0 Å². The molecule has 0 amide bonds. The van der Waals surface area contributed by atoms with Crippen LogP contribution in [0.25, 0.3) is 0 Å². The molecule has 0 radical (unpaired) electrons. The maximum atomic E-state index is 14.2. The van der Waals surface area contributed by atoms with Crippen molar-refractivity contribution in [1.29, 1.82) is 0 Å². The van der Waals surface area contributed by atoms with Gasteiger partial charge in [0.05, 0.1) is 0 Å². The number of hydrogen-bond acceptors (Lipinski definition) is 2. The van der Waals surface area contributed by atoms with Crippen LogP contribution in [0.5, 0.6) is 0 Å². The normalized spacial score (nSPS) is 14.3. The number of hydrogen-bond donors (Lipinski definition) is 2. The van der Waals surface area contributed by atoms with Crippen LogP contribution in [0.15, 0.2) is 41.6 Å². The summed E-state index contributed by atoms with van der Waals surface area (Å²) in [6.07, 6.45) is 4.84. The number of nitrogens with one attached hydrogen (secondary N) is 2. The Morgan fingerprint density at radius 1 is 1.40 bits per heavy atom. The third kappa shape index (κ3) is 3.70. The molecule has 0 aromatic heterocycles. The van der Waals surface area contributed by atoms with Crippen LogP contribution in [0, 0.1) is 5.82 Å². The molecule has 1 rings (SSSR count). The maximum absolute atomic E-state index is 14.2. The molecule has 3 heteroatoms. The highest BCUT2D eigenvalue weighted by Crippen LogP contribution is 2.30. The number of benzene rings is 1. The Labute approximate surface area is 121 Å². The summed E-state index contributed by atoms with van der Waals surface area (Å²) in [7, 11) is 1.82. The van der Waals surface area contributed by atoms with Crippen molar-refractivity contribution < 1.29 is 4.39 Å². The predicted molar refractivity (Wildman–Crippen MR) is 83.9 cm³/mol. The van der Waals surface area contributed by atoms with Crippen LogP contribution in [0.1, 0.15) is 44.7 Å². The molecule has 0 aliphatic carbocycles. The van der Waals surface area contributed by atoms with E-state index in [-0.39, 0.29) is 11.7 Å². The first-order valence-corrected chi connectivity index (χ1v) is 7.10. The zero-order chi connectivity index (χ0) is 15.1. The van der Waals surface area contributed by atoms with Gasteiger partial charge in [0.2, 0.25) is 0 Å². The van der Waals surface area contributed by atoms with Gasteiger partial charge in [-0.2, -0.15) is 0 Å². The van der Waals surface area contributed by atoms with Crippen LogP contribution in [0.2, 0.25) is 0 Å². The number of rotatable bonds is 6. The largest absolute Gasteiger partial charge is 0.325 e. The number of aryl methyl sites for hydroxylation is 1. The van der Waals surface area contributed by atoms with E-state index in [2.05, 4.69) is 17.8 Å². The van der Waals surface area contributed by atoms with E-state index in [0.29, 0.717) is 0 Å². The highest BCUT2D eigenvalue weighted by Gasteiger charge is 2.19. The van der Waals surface area contributed by atoms with E-state index in [1.54, 1.807) is 6.07 Å². The molecular weight excluding hydrogens is 251 g/mol. The van der Waals surface area contributed by atoms with Crippen LogP contribution in [-0.4, -0.2) is 7.05 Å². The average molecular weight is 276 g/mol. The van der Waals surface area contributed by atoms with Gasteiger partial charge in [-0.3, -0.25) is 0 Å². The second-order valence-electron chi connectivity index (χ2n) is 4.86. The van der Waals surface area contributed by atoms with Crippen molar-refractivity contribution >= 4 is 0 Å². The minimum Gasteiger partial charge on any atom is -0.325 e. The average Bonchev–Trinajstić information content (AvgIpc) is 2.43. The molecule has 1 atom stereocenters. The van der Waals surface area contributed by atoms with E-state index in [1.165, 1.54) is 6.07 Å². The monoisotopic (exact) mass is 276 g/mol. The Morgan fingerprint density at radius 3 is 2.65 bits per heavy atom. The van der Waals surface area contributed by atoms with Gasteiger partial charge >= 0.3 is 0 Å². The van der Waals surface area contributed by atoms with Crippen molar-refractivity contribution in [3.63, 3.8) is 0 Å². The highest BCUT2D eigenvalue weighted by molar-refractivity contribution is 5.39. The smallest absolute Gasteiger partial charge is 0.127 e. The molecule has 20 heavy (non-hydrogen) atoms. The number of hydrazine groups is 1. The lowest BCUT2D eigenvalue weighted by Gasteiger charge is -2.22. The van der Waals surface area contributed by atoms with Crippen molar-refractivity contribution in [2.24, 2.45) is 0 Å². The Bertz CT molecular complexity index is 504. The summed E-state index contributed by atoms with van der Waals surface area (Å²) in [5.41, 5.74) is 10.0. The molecule has 1 aromatic carbocycles. The number of halogens is 1. The molecule has 0 fully saturated rings. The van der Waals surface area contributed by atoms with Gasteiger partial charge in [0, 0.05) is 18.7 Å². The molecule has 110 valence electrons. The Morgan fingerprint density at radius 2 is 2.10 bits per heavy atom. The molecule has 1 aromatic rings. The summed E-state index contributed by atoms with van der Waals surface area (Å²) in [5, 5.41) is 0. The van der Waals surface area contributed by atoms with Crippen LogP contribution >= 0.6 is 0 Å². The van der Waals surface area contributed by atoms with Crippen LogP contribution in [0.3, 0.4) is 0 Å². The lowest BCUT2D eigenvalue weighted by molar-refractivity contribution is 0.573. The van der Waals surface area contributed by atoms with Crippen LogP contribution in [0.4, 0.5) is 4.39 Å². The lowest BCUT2D eigenvalue weighted by Crippen LogP contribution is -2.30. The molecule has 0 heterocycles. The van der Waals surface area contributed by atoms with Gasteiger partial charge in [-0.25, -0.2) is 9.82 Å². The Balaban J connectivity index is 3.33. The van der Waals surface area contributed by atoms with E-state index in [4.69, 9.17) is 0 Å². The van der Waals surface area contributed by atoms with Gasteiger partial charge < -0.3 is 5.43 Å². The van der Waals surface area contributed by atoms with Crippen molar-refractivity contribution in [2.75, 3.05) is 7.05 Å². The van der Waals surface area contributed by atoms with Gasteiger partial charge in [-0.1, -0.05) is 38.1 Å². The first-order valence-electron chi connectivity index (χ1n) is 7.10. The van der Waals surface area contributed by atoms with Crippen molar-refractivity contribution in [3.8, 4) is 0 Å². The quantitative estimate of drug-likeness (QED) is 0.604. The first kappa shape index (κ1) is 16.4. The summed E-state index contributed by atoms with van der Waals surface area (Å²) >= 11 is 0.